The summed E-state index contributed by atoms with van der Waals surface area (Å²) < 4.78 is 73.6. The molecule has 0 aliphatic carbocycles. The number of carboxylic acids is 1. The third-order valence-electron chi connectivity index (χ3n) is 5.16. The van der Waals surface area contributed by atoms with Gasteiger partial charge >= 0.3 is 12.1 Å². The molecule has 0 amide bonds. The van der Waals surface area contributed by atoms with E-state index in [-0.39, 0.29) is 6.42 Å². The van der Waals surface area contributed by atoms with Gasteiger partial charge in [-0.3, -0.25) is 10.00 Å². The van der Waals surface area contributed by atoms with Crippen LogP contribution in [0.1, 0.15) is 48.2 Å². The van der Waals surface area contributed by atoms with Gasteiger partial charge in [0.1, 0.15) is 6.23 Å². The second-order valence-electron chi connectivity index (χ2n) is 7.93. The molecule has 12 heteroatoms. The topological polar surface area (TPSA) is 87.4 Å². The number of aliphatic hydroxyl groups is 1. The van der Waals surface area contributed by atoms with Gasteiger partial charge in [-0.15, -0.1) is 0 Å². The van der Waals surface area contributed by atoms with Gasteiger partial charge in [-0.2, -0.15) is 18.3 Å². The first-order valence-electron chi connectivity index (χ1n) is 10.9. The second-order valence-corrected chi connectivity index (χ2v) is 7.93. The molecule has 0 saturated heterocycles. The molecule has 0 saturated carbocycles. The fraction of sp³-hybridized carbons (Fsp3) is 0.360. The minimum Gasteiger partial charge on any atom is -0.478 e. The molecule has 0 spiro atoms. The summed E-state index contributed by atoms with van der Waals surface area (Å²) in [5, 5.41) is 27.0. The number of benzene rings is 1. The van der Waals surface area contributed by atoms with E-state index in [1.165, 1.54) is 35.9 Å². The number of aliphatic hydroxyl groups excluding tert-OH is 1. The molecule has 0 fully saturated rings. The van der Waals surface area contributed by atoms with Crippen molar-refractivity contribution in [3.05, 3.63) is 88.0 Å². The van der Waals surface area contributed by atoms with E-state index >= 15 is 0 Å². The van der Waals surface area contributed by atoms with Crippen molar-refractivity contribution in [1.82, 2.24) is 15.1 Å². The highest BCUT2D eigenvalue weighted by molar-refractivity contribution is 5.80. The second kappa shape index (κ2) is 14.4. The van der Waals surface area contributed by atoms with Crippen LogP contribution in [-0.4, -0.2) is 38.9 Å². The molecule has 0 aliphatic heterocycles. The molecule has 2 atom stereocenters. The van der Waals surface area contributed by atoms with E-state index in [1.54, 1.807) is 27.0 Å². The first kappa shape index (κ1) is 31.6. The van der Waals surface area contributed by atoms with Crippen molar-refractivity contribution in [2.75, 3.05) is 6.93 Å². The van der Waals surface area contributed by atoms with Crippen LogP contribution in [0.2, 0.25) is 0 Å². The third-order valence-corrected chi connectivity index (χ3v) is 5.16. The van der Waals surface area contributed by atoms with Gasteiger partial charge in [0.05, 0.1) is 17.1 Å². The summed E-state index contributed by atoms with van der Waals surface area (Å²) in [7, 11) is 1.65. The normalized spacial score (nSPS) is 14.4. The van der Waals surface area contributed by atoms with E-state index < -0.39 is 42.7 Å². The molecular formula is C25H29F6N3O3. The molecule has 0 aliphatic rings. The summed E-state index contributed by atoms with van der Waals surface area (Å²) in [6.07, 6.45) is -0.947. The predicted molar refractivity (Wildman–Crippen MR) is 127 cm³/mol. The van der Waals surface area contributed by atoms with Gasteiger partial charge in [-0.05, 0) is 44.1 Å². The van der Waals surface area contributed by atoms with Crippen LogP contribution in [-0.2, 0) is 24.4 Å². The molecule has 6 nitrogen and oxygen atoms in total. The molecule has 2 aromatic rings. The van der Waals surface area contributed by atoms with Gasteiger partial charge in [0.2, 0.25) is 6.93 Å². The number of aryl methyl sites for hydroxylation is 1. The van der Waals surface area contributed by atoms with E-state index in [4.69, 9.17) is 5.11 Å². The monoisotopic (exact) mass is 533 g/mol. The van der Waals surface area contributed by atoms with Crippen LogP contribution in [0.5, 0.6) is 0 Å². The number of halogens is 6. The Hall–Kier alpha value is -3.38. The predicted octanol–water partition coefficient (Wildman–Crippen LogP) is 5.63. The number of aliphatic carboxylic acids is 1. The summed E-state index contributed by atoms with van der Waals surface area (Å²) in [5.41, 5.74) is 1.36. The van der Waals surface area contributed by atoms with Gasteiger partial charge in [0, 0.05) is 36.8 Å². The standard InChI is InChI=1S/C24H27F4N3O3.CH2F2/c1-14(25)11-18(8-6-10-21(32)33)15(2)29-23(34)22-16(3)31(4)30-20(22)13-17-7-5-9-19(12-17)24(26,27)28;2-1-3/h5-12,15,23,29,34H,13H2,1-4H3,(H,32,33);1H2/b10-6+,14-11+,18-8+;. The van der Waals surface area contributed by atoms with Crippen molar-refractivity contribution < 1.29 is 41.4 Å². The zero-order valence-corrected chi connectivity index (χ0v) is 20.7. The average Bonchev–Trinajstić information content (AvgIpc) is 3.05. The van der Waals surface area contributed by atoms with E-state index in [0.717, 1.165) is 18.2 Å². The van der Waals surface area contributed by atoms with Crippen molar-refractivity contribution >= 4 is 5.97 Å². The number of nitrogens with zero attached hydrogens (tertiary/aromatic N) is 2. The summed E-state index contributed by atoms with van der Waals surface area (Å²) in [6.45, 7) is 2.85. The van der Waals surface area contributed by atoms with Crippen LogP contribution in [0.4, 0.5) is 26.3 Å². The highest BCUT2D eigenvalue weighted by atomic mass is 19.4. The van der Waals surface area contributed by atoms with Crippen molar-refractivity contribution in [1.29, 1.82) is 0 Å². The maximum Gasteiger partial charge on any atom is 0.416 e. The van der Waals surface area contributed by atoms with Crippen molar-refractivity contribution in [2.45, 2.75) is 45.6 Å². The first-order valence-corrected chi connectivity index (χ1v) is 10.9. The van der Waals surface area contributed by atoms with E-state index in [9.17, 15) is 36.2 Å². The Morgan fingerprint density at radius 1 is 1.27 bits per heavy atom. The molecule has 3 N–H and O–H groups in total. The summed E-state index contributed by atoms with van der Waals surface area (Å²) >= 11 is 0. The first-order chi connectivity index (χ1) is 17.2. The van der Waals surface area contributed by atoms with Gasteiger partial charge in [0.15, 0.2) is 0 Å². The molecule has 2 rings (SSSR count). The van der Waals surface area contributed by atoms with Gasteiger partial charge in [-0.25, -0.2) is 18.0 Å². The molecule has 0 bridgehead atoms. The quantitative estimate of drug-likeness (QED) is 0.168. The zero-order chi connectivity index (χ0) is 28.3. The van der Waals surface area contributed by atoms with Gasteiger partial charge in [-0.1, -0.05) is 30.4 Å². The van der Waals surface area contributed by atoms with Crippen LogP contribution in [0, 0.1) is 6.92 Å². The third kappa shape index (κ3) is 10.3. The molecule has 37 heavy (non-hydrogen) atoms. The fourth-order valence-electron chi connectivity index (χ4n) is 3.44. The van der Waals surface area contributed by atoms with E-state index in [1.807, 2.05) is 0 Å². The van der Waals surface area contributed by atoms with Crippen molar-refractivity contribution in [3.8, 4) is 0 Å². The number of nitrogens with one attached hydrogen (secondary N) is 1. The lowest BCUT2D eigenvalue weighted by Gasteiger charge is -2.21. The molecule has 204 valence electrons. The number of aromatic nitrogens is 2. The molecule has 0 radical (unpaired) electrons. The number of allylic oxidation sites excluding steroid dienone is 3. The molecule has 2 unspecified atom stereocenters. The Balaban J connectivity index is 0.00000217. The Kier molecular flexibility index (Phi) is 12.3. The minimum atomic E-state index is -4.48. The zero-order valence-electron chi connectivity index (χ0n) is 20.7. The minimum absolute atomic E-state index is 0.0571. The Morgan fingerprint density at radius 3 is 2.43 bits per heavy atom. The lowest BCUT2D eigenvalue weighted by atomic mass is 10.0. The SMILES string of the molecule is C\C(F)=C/C(=C\C=C\C(=O)O)C(C)NC(O)c1c(Cc2cccc(C(F)(F)F)c2)nn(C)c1C.FCF. The van der Waals surface area contributed by atoms with Crippen LogP contribution < -0.4 is 5.32 Å². The largest absolute Gasteiger partial charge is 0.478 e. The van der Waals surface area contributed by atoms with Crippen LogP contribution in [0.3, 0.4) is 0 Å². The molecule has 1 aromatic heterocycles. The highest BCUT2D eigenvalue weighted by Gasteiger charge is 2.30. The summed E-state index contributed by atoms with van der Waals surface area (Å²) in [4.78, 5) is 10.7. The van der Waals surface area contributed by atoms with Crippen molar-refractivity contribution in [2.24, 2.45) is 7.05 Å². The Morgan fingerprint density at radius 2 is 1.89 bits per heavy atom. The maximum atomic E-state index is 13.5. The maximum absolute atomic E-state index is 13.5. The molecule has 1 heterocycles. The van der Waals surface area contributed by atoms with Crippen molar-refractivity contribution in [3.63, 3.8) is 0 Å². The highest BCUT2D eigenvalue weighted by Crippen LogP contribution is 2.31. The smallest absolute Gasteiger partial charge is 0.416 e. The number of carbonyl (C=O) groups is 1. The summed E-state index contributed by atoms with van der Waals surface area (Å²) in [5.74, 6) is -1.68. The number of hydrogen-bond donors (Lipinski definition) is 3. The van der Waals surface area contributed by atoms with Gasteiger partial charge in [0.25, 0.3) is 0 Å². The number of hydrogen-bond acceptors (Lipinski definition) is 4. The fourth-order valence-corrected chi connectivity index (χ4v) is 3.44. The number of rotatable bonds is 9. The van der Waals surface area contributed by atoms with Crippen LogP contribution in [0.25, 0.3) is 0 Å². The average molecular weight is 534 g/mol. The van der Waals surface area contributed by atoms with E-state index in [0.29, 0.717) is 28.1 Å². The van der Waals surface area contributed by atoms with Crippen LogP contribution in [0.15, 0.2) is 60.0 Å². The summed E-state index contributed by atoms with van der Waals surface area (Å²) in [6, 6.07) is 4.29. The van der Waals surface area contributed by atoms with Crippen LogP contribution >= 0.6 is 0 Å². The lowest BCUT2D eigenvalue weighted by molar-refractivity contribution is -0.137. The molecule has 1 aromatic carbocycles. The lowest BCUT2D eigenvalue weighted by Crippen LogP contribution is -2.32. The van der Waals surface area contributed by atoms with E-state index in [2.05, 4.69) is 10.4 Å². The number of carboxylic acid groups (broad SMARTS) is 1. The Bertz CT molecular complexity index is 1140. The Labute approximate surface area is 210 Å². The van der Waals surface area contributed by atoms with Gasteiger partial charge < -0.3 is 10.2 Å². The molecular weight excluding hydrogens is 504 g/mol. The number of alkyl halides is 5.